The van der Waals surface area contributed by atoms with Gasteiger partial charge in [-0.2, -0.15) is 0 Å². The molecule has 1 aliphatic carbocycles. The Labute approximate surface area is 174 Å². The maximum atomic E-state index is 13.6. The molecule has 0 aromatic carbocycles. The normalized spacial score (nSPS) is 30.1. The SMILES string of the molecule is C[C@@H](O)C(=O)N1C[C@@H]2C[C@H](C1)c1ccc(CN3CCC4(CC3)CC4(F)F)c(=O)n1C2. The van der Waals surface area contributed by atoms with Crippen molar-refractivity contribution < 1.29 is 18.7 Å². The standard InChI is InChI=1S/C22H29F2N3O3/c1-14(28)19(29)26-9-15-8-17(12-26)18-3-2-16(20(30)27(18)10-15)11-25-6-4-21(5-7-25)13-22(21,23)24/h2-3,14-15,17,28H,4-13H2,1H3/t14-,15+,17-/m1/s1. The molecule has 4 heterocycles. The molecule has 1 aromatic heterocycles. The average Bonchev–Trinajstić information content (AvgIpc) is 3.24. The molecule has 1 amide bonds. The van der Waals surface area contributed by atoms with Gasteiger partial charge in [-0.3, -0.25) is 14.5 Å². The van der Waals surface area contributed by atoms with Gasteiger partial charge in [-0.15, -0.1) is 0 Å². The Morgan fingerprint density at radius 3 is 2.57 bits per heavy atom. The monoisotopic (exact) mass is 421 g/mol. The van der Waals surface area contributed by atoms with Crippen LogP contribution in [0.4, 0.5) is 8.78 Å². The summed E-state index contributed by atoms with van der Waals surface area (Å²) < 4.78 is 29.1. The molecule has 0 unspecified atom stereocenters. The largest absolute Gasteiger partial charge is 0.384 e. The van der Waals surface area contributed by atoms with Gasteiger partial charge in [0.1, 0.15) is 6.10 Å². The minimum absolute atomic E-state index is 0.00883. The van der Waals surface area contributed by atoms with Crippen molar-refractivity contribution in [1.82, 2.24) is 14.4 Å². The van der Waals surface area contributed by atoms with Crippen molar-refractivity contribution in [3.63, 3.8) is 0 Å². The molecule has 3 atom stereocenters. The van der Waals surface area contributed by atoms with Gasteiger partial charge in [-0.25, -0.2) is 8.78 Å². The van der Waals surface area contributed by atoms with E-state index in [0.29, 0.717) is 57.7 Å². The van der Waals surface area contributed by atoms with Crippen molar-refractivity contribution in [2.75, 3.05) is 26.2 Å². The summed E-state index contributed by atoms with van der Waals surface area (Å²) in [4.78, 5) is 29.3. The topological polar surface area (TPSA) is 65.8 Å². The maximum absolute atomic E-state index is 13.6. The van der Waals surface area contributed by atoms with Crippen molar-refractivity contribution in [3.8, 4) is 0 Å². The molecule has 0 radical (unpaired) electrons. The first-order valence-electron chi connectivity index (χ1n) is 11.0. The molecule has 1 N–H and O–H groups in total. The van der Waals surface area contributed by atoms with Crippen molar-refractivity contribution >= 4 is 5.91 Å². The Balaban J connectivity index is 1.30. The van der Waals surface area contributed by atoms with Gasteiger partial charge in [0.05, 0.1) is 0 Å². The second-order valence-electron chi connectivity index (χ2n) is 9.85. The van der Waals surface area contributed by atoms with Crippen LogP contribution in [0.1, 0.15) is 49.8 Å². The summed E-state index contributed by atoms with van der Waals surface area (Å²) in [5.41, 5.74) is 0.906. The van der Waals surface area contributed by atoms with E-state index in [1.807, 2.05) is 16.7 Å². The van der Waals surface area contributed by atoms with E-state index in [1.165, 1.54) is 6.92 Å². The molecule has 30 heavy (non-hydrogen) atoms. The Kier molecular flexibility index (Phi) is 4.60. The van der Waals surface area contributed by atoms with Crippen LogP contribution in [0.2, 0.25) is 0 Å². The molecule has 1 aromatic rings. The molecule has 1 spiro atoms. The van der Waals surface area contributed by atoms with Gasteiger partial charge in [0.15, 0.2) is 0 Å². The van der Waals surface area contributed by atoms with Crippen molar-refractivity contribution in [2.45, 2.75) is 63.6 Å². The number of hydrogen-bond donors (Lipinski definition) is 1. The molecular formula is C22H29F2N3O3. The Morgan fingerprint density at radius 2 is 1.93 bits per heavy atom. The van der Waals surface area contributed by atoms with Crippen LogP contribution in [0.5, 0.6) is 0 Å². The zero-order valence-corrected chi connectivity index (χ0v) is 17.3. The van der Waals surface area contributed by atoms with Gasteiger partial charge in [-0.1, -0.05) is 6.07 Å². The number of alkyl halides is 2. The first-order chi connectivity index (χ1) is 14.2. The molecule has 164 valence electrons. The lowest BCUT2D eigenvalue weighted by Gasteiger charge is -2.43. The number of aliphatic hydroxyl groups excluding tert-OH is 1. The molecule has 3 fully saturated rings. The van der Waals surface area contributed by atoms with Crippen molar-refractivity contribution in [3.05, 3.63) is 33.7 Å². The molecule has 3 aliphatic heterocycles. The maximum Gasteiger partial charge on any atom is 0.255 e. The van der Waals surface area contributed by atoms with Crippen LogP contribution in [-0.2, 0) is 17.9 Å². The van der Waals surface area contributed by atoms with Crippen LogP contribution in [0.3, 0.4) is 0 Å². The number of nitrogens with zero attached hydrogens (tertiary/aromatic N) is 3. The molecule has 8 heteroatoms. The van der Waals surface area contributed by atoms with E-state index >= 15 is 0 Å². The molecule has 2 saturated heterocycles. The zero-order valence-electron chi connectivity index (χ0n) is 17.3. The zero-order chi connectivity index (χ0) is 21.3. The Bertz CT molecular complexity index is 921. The third kappa shape index (κ3) is 3.19. The number of carbonyl (C=O) groups excluding carboxylic acids is 1. The lowest BCUT2D eigenvalue weighted by molar-refractivity contribution is -0.142. The summed E-state index contributed by atoms with van der Waals surface area (Å²) >= 11 is 0. The van der Waals surface area contributed by atoms with Gasteiger partial charge in [0.2, 0.25) is 0 Å². The van der Waals surface area contributed by atoms with Crippen molar-refractivity contribution in [1.29, 1.82) is 0 Å². The lowest BCUT2D eigenvalue weighted by atomic mass is 9.82. The van der Waals surface area contributed by atoms with Crippen LogP contribution in [-0.4, -0.2) is 63.6 Å². The van der Waals surface area contributed by atoms with E-state index in [-0.39, 0.29) is 29.7 Å². The highest BCUT2D eigenvalue weighted by atomic mass is 19.3. The summed E-state index contributed by atoms with van der Waals surface area (Å²) in [6.07, 6.45) is 0.970. The van der Waals surface area contributed by atoms with Crippen LogP contribution < -0.4 is 5.56 Å². The molecular weight excluding hydrogens is 392 g/mol. The van der Waals surface area contributed by atoms with Crippen LogP contribution >= 0.6 is 0 Å². The number of halogens is 2. The van der Waals surface area contributed by atoms with Gasteiger partial charge in [0, 0.05) is 55.2 Å². The van der Waals surface area contributed by atoms with E-state index in [9.17, 15) is 23.5 Å². The Hall–Kier alpha value is -1.80. The average molecular weight is 421 g/mol. The highest BCUT2D eigenvalue weighted by molar-refractivity contribution is 5.80. The number of piperidine rings is 2. The highest BCUT2D eigenvalue weighted by Gasteiger charge is 2.70. The number of amides is 1. The van der Waals surface area contributed by atoms with Gasteiger partial charge in [0.25, 0.3) is 17.4 Å². The number of rotatable bonds is 3. The van der Waals surface area contributed by atoms with Gasteiger partial charge >= 0.3 is 0 Å². The van der Waals surface area contributed by atoms with Crippen LogP contribution in [0.15, 0.2) is 16.9 Å². The fourth-order valence-corrected chi connectivity index (χ4v) is 5.86. The summed E-state index contributed by atoms with van der Waals surface area (Å²) in [5, 5.41) is 9.64. The number of aliphatic hydroxyl groups is 1. The predicted octanol–water partition coefficient (Wildman–Crippen LogP) is 1.80. The fraction of sp³-hybridized carbons (Fsp3) is 0.727. The van der Waals surface area contributed by atoms with Crippen molar-refractivity contribution in [2.24, 2.45) is 11.3 Å². The molecule has 5 rings (SSSR count). The fourth-order valence-electron chi connectivity index (χ4n) is 5.86. The number of carbonyl (C=O) groups is 1. The summed E-state index contributed by atoms with van der Waals surface area (Å²) in [6, 6.07) is 3.87. The van der Waals surface area contributed by atoms with Crippen LogP contribution in [0.25, 0.3) is 0 Å². The smallest absolute Gasteiger partial charge is 0.255 e. The number of likely N-dealkylation sites (tertiary alicyclic amines) is 2. The van der Waals surface area contributed by atoms with E-state index in [2.05, 4.69) is 4.90 Å². The minimum Gasteiger partial charge on any atom is -0.384 e. The summed E-state index contributed by atoms with van der Waals surface area (Å²) in [6.45, 7) is 4.89. The first kappa shape index (κ1) is 20.1. The molecule has 2 bridgehead atoms. The summed E-state index contributed by atoms with van der Waals surface area (Å²) in [7, 11) is 0. The first-order valence-corrected chi connectivity index (χ1v) is 11.0. The number of hydrogen-bond acceptors (Lipinski definition) is 4. The quantitative estimate of drug-likeness (QED) is 0.808. The van der Waals surface area contributed by atoms with E-state index in [0.717, 1.165) is 12.1 Å². The summed E-state index contributed by atoms with van der Waals surface area (Å²) in [5.74, 6) is -2.43. The van der Waals surface area contributed by atoms with Gasteiger partial charge in [-0.05, 0) is 51.3 Å². The predicted molar refractivity (Wildman–Crippen MR) is 106 cm³/mol. The van der Waals surface area contributed by atoms with Gasteiger partial charge < -0.3 is 14.6 Å². The Morgan fingerprint density at radius 1 is 1.23 bits per heavy atom. The molecule has 4 aliphatic rings. The number of fused-ring (bicyclic) bond motifs is 4. The van der Waals surface area contributed by atoms with E-state index in [1.54, 1.807) is 4.90 Å². The number of aromatic nitrogens is 1. The van der Waals surface area contributed by atoms with Crippen LogP contribution in [0, 0.1) is 11.3 Å². The lowest BCUT2D eigenvalue weighted by Crippen LogP contribution is -2.51. The van der Waals surface area contributed by atoms with E-state index < -0.39 is 17.4 Å². The highest BCUT2D eigenvalue weighted by Crippen LogP contribution is 2.65. The third-order valence-electron chi connectivity index (χ3n) is 7.77. The molecule has 6 nitrogen and oxygen atoms in total. The third-order valence-corrected chi connectivity index (χ3v) is 7.77. The second kappa shape index (κ2) is 6.85. The number of pyridine rings is 1. The minimum atomic E-state index is -2.49. The second-order valence-corrected chi connectivity index (χ2v) is 9.85. The van der Waals surface area contributed by atoms with E-state index in [4.69, 9.17) is 0 Å². The molecule has 1 saturated carbocycles.